The van der Waals surface area contributed by atoms with Crippen LogP contribution in [0.1, 0.15) is 16.7 Å². The normalized spacial score (nSPS) is 17.5. The van der Waals surface area contributed by atoms with Gasteiger partial charge in [-0.05, 0) is 40.8 Å². The van der Waals surface area contributed by atoms with Crippen LogP contribution in [0.4, 0.5) is 0 Å². The van der Waals surface area contributed by atoms with E-state index in [-0.39, 0.29) is 5.88 Å². The summed E-state index contributed by atoms with van der Waals surface area (Å²) in [5.41, 5.74) is 2.95. The van der Waals surface area contributed by atoms with Gasteiger partial charge in [0.25, 0.3) is 0 Å². The van der Waals surface area contributed by atoms with Crippen LogP contribution in [0, 0.1) is 11.3 Å². The minimum atomic E-state index is -2.02. The third-order valence-corrected chi connectivity index (χ3v) is 3.29. The minimum absolute atomic E-state index is 0.0828. The summed E-state index contributed by atoms with van der Waals surface area (Å²) in [6, 6.07) is 7.68. The number of nitriles is 1. The number of benzene rings is 1. The zero-order valence-corrected chi connectivity index (χ0v) is 9.50. The lowest BCUT2D eigenvalue weighted by Crippen LogP contribution is -2.33. The fraction of sp³-hybridized carbons (Fsp3) is 0.364. The minimum Gasteiger partial charge on any atom is -0.771 e. The number of rotatable bonds is 2. The molecule has 0 spiro atoms. The summed E-state index contributed by atoms with van der Waals surface area (Å²) >= 11 is -2.02. The summed E-state index contributed by atoms with van der Waals surface area (Å²) in [5, 5.41) is 8.77. The highest BCUT2D eigenvalue weighted by atomic mass is 32.2. The van der Waals surface area contributed by atoms with E-state index in [2.05, 4.69) is 6.07 Å². The van der Waals surface area contributed by atoms with Crippen molar-refractivity contribution in [1.29, 1.82) is 5.26 Å². The van der Waals surface area contributed by atoms with Crippen LogP contribution in [0.25, 0.3) is 0 Å². The zero-order chi connectivity index (χ0) is 11.5. The molecule has 5 heteroatoms. The van der Waals surface area contributed by atoms with E-state index in [1.807, 2.05) is 17.0 Å². The molecule has 0 fully saturated rings. The highest BCUT2D eigenvalue weighted by Crippen LogP contribution is 2.20. The van der Waals surface area contributed by atoms with E-state index >= 15 is 0 Å². The van der Waals surface area contributed by atoms with Crippen LogP contribution in [0.2, 0.25) is 0 Å². The van der Waals surface area contributed by atoms with Gasteiger partial charge in [-0.1, -0.05) is 6.07 Å². The summed E-state index contributed by atoms with van der Waals surface area (Å²) in [5.74, 6) is 0.0828. The van der Waals surface area contributed by atoms with E-state index in [0.717, 1.165) is 24.1 Å². The van der Waals surface area contributed by atoms with E-state index in [1.54, 1.807) is 6.07 Å². The van der Waals surface area contributed by atoms with Crippen molar-refractivity contribution in [3.8, 4) is 6.07 Å². The van der Waals surface area contributed by atoms with E-state index < -0.39 is 11.1 Å². The first-order valence-electron chi connectivity index (χ1n) is 4.99. The molecule has 0 saturated heterocycles. The van der Waals surface area contributed by atoms with Crippen molar-refractivity contribution in [1.82, 2.24) is 4.90 Å². The Balaban J connectivity index is 2.16. The Morgan fingerprint density at radius 1 is 1.50 bits per heavy atom. The SMILES string of the molecule is N#Cc1ccc2c(c1)CCN(CS(=O)[O-])C2. The molecule has 4 nitrogen and oxygen atoms in total. The Morgan fingerprint density at radius 3 is 3.00 bits per heavy atom. The summed E-state index contributed by atoms with van der Waals surface area (Å²) in [6.45, 7) is 1.38. The van der Waals surface area contributed by atoms with Gasteiger partial charge in [-0.2, -0.15) is 5.26 Å². The van der Waals surface area contributed by atoms with Crippen LogP contribution in [0.15, 0.2) is 18.2 Å². The maximum absolute atomic E-state index is 10.6. The van der Waals surface area contributed by atoms with Crippen LogP contribution in [-0.2, 0) is 24.0 Å². The van der Waals surface area contributed by atoms with Crippen LogP contribution in [0.3, 0.4) is 0 Å². The molecule has 1 aromatic rings. The van der Waals surface area contributed by atoms with E-state index in [0.29, 0.717) is 12.1 Å². The van der Waals surface area contributed by atoms with Crippen LogP contribution in [0.5, 0.6) is 0 Å². The average Bonchev–Trinajstić information content (AvgIpc) is 2.27. The predicted octanol–water partition coefficient (Wildman–Crippen LogP) is 0.753. The molecule has 1 unspecified atom stereocenters. The van der Waals surface area contributed by atoms with Crippen molar-refractivity contribution >= 4 is 11.1 Å². The van der Waals surface area contributed by atoms with E-state index in [4.69, 9.17) is 5.26 Å². The summed E-state index contributed by atoms with van der Waals surface area (Å²) in [6.07, 6.45) is 0.808. The molecule has 16 heavy (non-hydrogen) atoms. The van der Waals surface area contributed by atoms with Gasteiger partial charge in [0, 0.05) is 13.1 Å². The molecule has 2 rings (SSSR count). The number of hydrogen-bond donors (Lipinski definition) is 0. The first-order valence-corrected chi connectivity index (χ1v) is 6.23. The topological polar surface area (TPSA) is 67.2 Å². The number of fused-ring (bicyclic) bond motifs is 1. The molecule has 1 aromatic carbocycles. The third kappa shape index (κ3) is 2.47. The van der Waals surface area contributed by atoms with Gasteiger partial charge < -0.3 is 4.55 Å². The Kier molecular flexibility index (Phi) is 3.34. The molecule has 84 valence electrons. The Hall–Kier alpha value is -1.22. The smallest absolute Gasteiger partial charge is 0.0991 e. The fourth-order valence-electron chi connectivity index (χ4n) is 1.94. The second kappa shape index (κ2) is 4.74. The lowest BCUT2D eigenvalue weighted by Gasteiger charge is -2.29. The van der Waals surface area contributed by atoms with Gasteiger partial charge in [-0.25, -0.2) is 0 Å². The van der Waals surface area contributed by atoms with Gasteiger partial charge in [-0.15, -0.1) is 0 Å². The molecular formula is C11H11N2O2S-. The van der Waals surface area contributed by atoms with Gasteiger partial charge in [0.1, 0.15) is 0 Å². The van der Waals surface area contributed by atoms with Crippen LogP contribution in [-0.4, -0.2) is 26.1 Å². The van der Waals surface area contributed by atoms with Gasteiger partial charge in [0.05, 0.1) is 17.5 Å². The second-order valence-electron chi connectivity index (χ2n) is 3.83. The molecule has 0 N–H and O–H groups in total. The molecule has 1 atom stereocenters. The fourth-order valence-corrected chi connectivity index (χ4v) is 2.46. The molecular weight excluding hydrogens is 224 g/mol. The Bertz CT molecular complexity index is 468. The van der Waals surface area contributed by atoms with Gasteiger partial charge >= 0.3 is 0 Å². The van der Waals surface area contributed by atoms with Crippen molar-refractivity contribution in [3.63, 3.8) is 0 Å². The van der Waals surface area contributed by atoms with Crippen molar-refractivity contribution in [2.45, 2.75) is 13.0 Å². The van der Waals surface area contributed by atoms with E-state index in [1.165, 1.54) is 0 Å². The Labute approximate surface area is 96.8 Å². The molecule has 0 aromatic heterocycles. The van der Waals surface area contributed by atoms with Gasteiger partial charge in [-0.3, -0.25) is 9.11 Å². The molecule has 0 radical (unpaired) electrons. The first-order chi connectivity index (χ1) is 7.69. The Morgan fingerprint density at radius 2 is 2.31 bits per heavy atom. The molecule has 0 amide bonds. The van der Waals surface area contributed by atoms with Crippen LogP contribution >= 0.6 is 0 Å². The maximum atomic E-state index is 10.6. The second-order valence-corrected chi connectivity index (χ2v) is 4.70. The number of nitrogens with zero attached hydrogens (tertiary/aromatic N) is 2. The molecule has 0 saturated carbocycles. The van der Waals surface area contributed by atoms with Crippen molar-refractivity contribution in [2.24, 2.45) is 0 Å². The molecule has 0 bridgehead atoms. The van der Waals surface area contributed by atoms with E-state index in [9.17, 15) is 8.76 Å². The summed E-state index contributed by atoms with van der Waals surface area (Å²) in [4.78, 5) is 1.89. The number of hydrogen-bond acceptors (Lipinski definition) is 4. The maximum Gasteiger partial charge on any atom is 0.0991 e. The molecule has 0 aliphatic carbocycles. The monoisotopic (exact) mass is 235 g/mol. The lowest BCUT2D eigenvalue weighted by molar-refractivity contribution is 0.290. The predicted molar refractivity (Wildman–Crippen MR) is 59.1 cm³/mol. The first kappa shape index (κ1) is 11.3. The molecule has 1 heterocycles. The summed E-state index contributed by atoms with van der Waals surface area (Å²) in [7, 11) is 0. The lowest BCUT2D eigenvalue weighted by atomic mass is 9.98. The molecule has 1 aliphatic heterocycles. The third-order valence-electron chi connectivity index (χ3n) is 2.71. The van der Waals surface area contributed by atoms with Crippen molar-refractivity contribution in [2.75, 3.05) is 12.4 Å². The quantitative estimate of drug-likeness (QED) is 0.709. The zero-order valence-electron chi connectivity index (χ0n) is 8.68. The van der Waals surface area contributed by atoms with Crippen molar-refractivity contribution in [3.05, 3.63) is 34.9 Å². The highest BCUT2D eigenvalue weighted by Gasteiger charge is 2.16. The average molecular weight is 235 g/mol. The van der Waals surface area contributed by atoms with Crippen LogP contribution < -0.4 is 0 Å². The largest absolute Gasteiger partial charge is 0.771 e. The summed E-state index contributed by atoms with van der Waals surface area (Å²) < 4.78 is 21.2. The standard InChI is InChI=1S/C11H12N2O2S/c12-6-9-1-2-11-7-13(8-16(14)15)4-3-10(11)5-9/h1-2,5H,3-4,7-8H2,(H,14,15)/p-1. The van der Waals surface area contributed by atoms with Gasteiger partial charge in [0.2, 0.25) is 0 Å². The van der Waals surface area contributed by atoms with Gasteiger partial charge in [0.15, 0.2) is 0 Å². The van der Waals surface area contributed by atoms with Crippen molar-refractivity contribution < 1.29 is 8.76 Å². The highest BCUT2D eigenvalue weighted by molar-refractivity contribution is 7.79. The molecule has 1 aliphatic rings.